The summed E-state index contributed by atoms with van der Waals surface area (Å²) in [7, 11) is -0.129. The number of aromatic nitrogens is 1. The molecule has 2 rings (SSSR count). The zero-order chi connectivity index (χ0) is 19.9. The minimum absolute atomic E-state index is 0.0858. The molecule has 0 amide bonds. The Morgan fingerprint density at radius 2 is 1.78 bits per heavy atom. The average Bonchev–Trinajstić information content (AvgIpc) is 3.17. The molecule has 2 N–H and O–H groups in total. The first-order valence-electron chi connectivity index (χ1n) is 8.97. The van der Waals surface area contributed by atoms with Gasteiger partial charge in [0, 0.05) is 52.2 Å². The molecule has 0 aliphatic carbocycles. The third-order valence-electron chi connectivity index (χ3n) is 4.34. The summed E-state index contributed by atoms with van der Waals surface area (Å²) in [6.45, 7) is 5.87. The zero-order valence-electron chi connectivity index (χ0n) is 16.4. The second-order valence-corrected chi connectivity index (χ2v) is 8.53. The molecule has 0 aliphatic heterocycles. The van der Waals surface area contributed by atoms with E-state index < -0.39 is 10.0 Å². The Hall–Kier alpha value is -2.32. The van der Waals surface area contributed by atoms with E-state index in [0.29, 0.717) is 17.4 Å². The molecule has 8 heteroatoms. The van der Waals surface area contributed by atoms with Gasteiger partial charge in [0.15, 0.2) is 5.96 Å². The lowest BCUT2D eigenvalue weighted by Crippen LogP contribution is -2.38. The number of nitrogens with zero attached hydrogens (tertiary/aromatic N) is 3. The molecule has 0 radical (unpaired) electrons. The fraction of sp³-hybridized carbons (Fsp3) is 0.421. The molecule has 1 aromatic heterocycles. The van der Waals surface area contributed by atoms with Crippen LogP contribution in [0, 0.1) is 0 Å². The Morgan fingerprint density at radius 3 is 2.33 bits per heavy atom. The molecule has 1 aromatic carbocycles. The first-order chi connectivity index (χ1) is 12.8. The van der Waals surface area contributed by atoms with Crippen molar-refractivity contribution in [1.29, 1.82) is 0 Å². The van der Waals surface area contributed by atoms with Crippen molar-refractivity contribution in [3.05, 3.63) is 54.4 Å². The topological polar surface area (TPSA) is 78.7 Å². The monoisotopic (exact) mass is 391 g/mol. The highest BCUT2D eigenvalue weighted by molar-refractivity contribution is 7.89. The van der Waals surface area contributed by atoms with Crippen molar-refractivity contribution in [2.24, 2.45) is 4.99 Å². The lowest BCUT2D eigenvalue weighted by Gasteiger charge is -2.21. The molecule has 0 fully saturated rings. The van der Waals surface area contributed by atoms with Crippen LogP contribution in [0.3, 0.4) is 0 Å². The van der Waals surface area contributed by atoms with Crippen LogP contribution in [0.2, 0.25) is 0 Å². The summed E-state index contributed by atoms with van der Waals surface area (Å²) in [5.74, 6) is 0.707. The number of hydrogen-bond acceptors (Lipinski definition) is 3. The molecule has 0 aliphatic rings. The maximum Gasteiger partial charge on any atom is 0.243 e. The molecule has 0 spiro atoms. The largest absolute Gasteiger partial charge is 0.355 e. The second-order valence-electron chi connectivity index (χ2n) is 6.53. The van der Waals surface area contributed by atoms with Crippen molar-refractivity contribution in [3.8, 4) is 0 Å². The van der Waals surface area contributed by atoms with E-state index in [-0.39, 0.29) is 6.04 Å². The van der Waals surface area contributed by atoms with Gasteiger partial charge in [-0.2, -0.15) is 4.31 Å². The summed E-state index contributed by atoms with van der Waals surface area (Å²) in [6, 6.07) is 10.8. The van der Waals surface area contributed by atoms with Gasteiger partial charge in [0.05, 0.1) is 4.90 Å². The minimum Gasteiger partial charge on any atom is -0.355 e. The van der Waals surface area contributed by atoms with Crippen LogP contribution in [-0.4, -0.2) is 49.9 Å². The van der Waals surface area contributed by atoms with E-state index in [9.17, 15) is 8.42 Å². The van der Waals surface area contributed by atoms with Crippen LogP contribution >= 0.6 is 0 Å². The lowest BCUT2D eigenvalue weighted by molar-refractivity contribution is 0.410. The highest BCUT2D eigenvalue weighted by atomic mass is 32.2. The maximum absolute atomic E-state index is 12.5. The van der Waals surface area contributed by atoms with Gasteiger partial charge in [-0.05, 0) is 43.7 Å². The standard InChI is InChI=1S/C19H29N5O2S/c1-16(2)23(4)27(25,26)18-9-7-17(8-10-18)15-22-19(20-3)21-11-14-24-12-5-6-13-24/h5-10,12-13,16H,11,14-15H2,1-4H3,(H2,20,21,22). The number of hydrogen-bond donors (Lipinski definition) is 2. The molecule has 0 saturated heterocycles. The quantitative estimate of drug-likeness (QED) is 0.532. The summed E-state index contributed by atoms with van der Waals surface area (Å²) in [6.07, 6.45) is 4.04. The molecule has 2 aromatic rings. The van der Waals surface area contributed by atoms with Gasteiger partial charge in [-0.1, -0.05) is 12.1 Å². The zero-order valence-corrected chi connectivity index (χ0v) is 17.2. The summed E-state index contributed by atoms with van der Waals surface area (Å²) >= 11 is 0. The normalized spacial score (nSPS) is 12.6. The molecule has 1 heterocycles. The van der Waals surface area contributed by atoms with Crippen LogP contribution in [0.15, 0.2) is 58.7 Å². The predicted octanol–water partition coefficient (Wildman–Crippen LogP) is 1.88. The van der Waals surface area contributed by atoms with E-state index in [1.807, 2.05) is 50.5 Å². The van der Waals surface area contributed by atoms with Gasteiger partial charge in [-0.15, -0.1) is 0 Å². The molecule has 0 unspecified atom stereocenters. The number of aliphatic imine (C=N–C) groups is 1. The van der Waals surface area contributed by atoms with Gasteiger partial charge in [0.2, 0.25) is 10.0 Å². The van der Waals surface area contributed by atoms with Gasteiger partial charge >= 0.3 is 0 Å². The van der Waals surface area contributed by atoms with Gasteiger partial charge in [-0.3, -0.25) is 4.99 Å². The Bertz CT molecular complexity index is 827. The number of benzene rings is 1. The molecule has 148 valence electrons. The van der Waals surface area contributed by atoms with Gasteiger partial charge in [0.1, 0.15) is 0 Å². The van der Waals surface area contributed by atoms with Crippen LogP contribution < -0.4 is 10.6 Å². The van der Waals surface area contributed by atoms with Crippen LogP contribution in [0.1, 0.15) is 19.4 Å². The first-order valence-corrected chi connectivity index (χ1v) is 10.4. The average molecular weight is 392 g/mol. The van der Waals surface area contributed by atoms with Crippen LogP contribution in [0.4, 0.5) is 0 Å². The fourth-order valence-corrected chi connectivity index (χ4v) is 3.82. The molecular weight excluding hydrogens is 362 g/mol. The highest BCUT2D eigenvalue weighted by Crippen LogP contribution is 2.17. The third kappa shape index (κ3) is 5.83. The van der Waals surface area contributed by atoms with Crippen LogP contribution in [0.25, 0.3) is 0 Å². The van der Waals surface area contributed by atoms with E-state index in [1.165, 1.54) is 4.31 Å². The summed E-state index contributed by atoms with van der Waals surface area (Å²) in [5, 5.41) is 6.49. The Morgan fingerprint density at radius 1 is 1.15 bits per heavy atom. The Balaban J connectivity index is 1.88. The van der Waals surface area contributed by atoms with Crippen molar-refractivity contribution in [3.63, 3.8) is 0 Å². The maximum atomic E-state index is 12.5. The summed E-state index contributed by atoms with van der Waals surface area (Å²) in [4.78, 5) is 4.51. The summed E-state index contributed by atoms with van der Waals surface area (Å²) in [5.41, 5.74) is 0.981. The van der Waals surface area contributed by atoms with Crippen LogP contribution in [-0.2, 0) is 23.1 Å². The van der Waals surface area contributed by atoms with Gasteiger partial charge < -0.3 is 15.2 Å². The van der Waals surface area contributed by atoms with Crippen LogP contribution in [0.5, 0.6) is 0 Å². The van der Waals surface area contributed by atoms with E-state index in [0.717, 1.165) is 18.7 Å². The van der Waals surface area contributed by atoms with Crippen molar-refractivity contribution >= 4 is 16.0 Å². The SMILES string of the molecule is CN=C(NCCn1cccc1)NCc1ccc(S(=O)(=O)N(C)C(C)C)cc1. The molecule has 7 nitrogen and oxygen atoms in total. The van der Waals surface area contributed by atoms with Crippen molar-refractivity contribution < 1.29 is 8.42 Å². The predicted molar refractivity (Wildman–Crippen MR) is 109 cm³/mol. The molecule has 27 heavy (non-hydrogen) atoms. The number of rotatable bonds is 8. The highest BCUT2D eigenvalue weighted by Gasteiger charge is 2.22. The number of sulfonamides is 1. The number of nitrogens with one attached hydrogen (secondary N) is 2. The second kappa shape index (κ2) is 9.57. The minimum atomic E-state index is -3.45. The first kappa shape index (κ1) is 21.0. The van der Waals surface area contributed by atoms with E-state index in [1.54, 1.807) is 26.2 Å². The third-order valence-corrected chi connectivity index (χ3v) is 6.39. The van der Waals surface area contributed by atoms with Gasteiger partial charge in [0.25, 0.3) is 0 Å². The Kier molecular flexibility index (Phi) is 7.44. The van der Waals surface area contributed by atoms with Crippen molar-refractivity contribution in [1.82, 2.24) is 19.5 Å². The van der Waals surface area contributed by atoms with E-state index >= 15 is 0 Å². The molecular formula is C19H29N5O2S. The lowest BCUT2D eigenvalue weighted by atomic mass is 10.2. The van der Waals surface area contributed by atoms with Crippen molar-refractivity contribution in [2.75, 3.05) is 20.6 Å². The van der Waals surface area contributed by atoms with E-state index in [2.05, 4.69) is 20.2 Å². The number of guanidine groups is 1. The van der Waals surface area contributed by atoms with Gasteiger partial charge in [-0.25, -0.2) is 8.42 Å². The van der Waals surface area contributed by atoms with E-state index in [4.69, 9.17) is 0 Å². The fourth-order valence-electron chi connectivity index (χ4n) is 2.45. The molecule has 0 saturated carbocycles. The smallest absolute Gasteiger partial charge is 0.243 e. The Labute approximate surface area is 162 Å². The molecule has 0 atom stereocenters. The summed E-state index contributed by atoms with van der Waals surface area (Å²) < 4.78 is 28.4. The molecule has 0 bridgehead atoms. The van der Waals surface area contributed by atoms with Crippen molar-refractivity contribution in [2.45, 2.75) is 37.9 Å².